The molecule has 0 aliphatic heterocycles. The molecule has 6 heteroatoms. The van der Waals surface area contributed by atoms with Gasteiger partial charge in [-0.2, -0.15) is 0 Å². The van der Waals surface area contributed by atoms with E-state index in [1.54, 1.807) is 0 Å². The van der Waals surface area contributed by atoms with Gasteiger partial charge in [-0.25, -0.2) is 4.42 Å². The lowest BCUT2D eigenvalue weighted by Gasteiger charge is -2.10. The molecule has 1 aromatic heterocycles. The minimum Gasteiger partial charge on any atom is -0.418 e. The Morgan fingerprint density at radius 3 is 1.39 bits per heavy atom. The van der Waals surface area contributed by atoms with Crippen LogP contribution in [0, 0.1) is 0 Å². The molecular weight excluding hydrogens is 427 g/mol. The quantitative estimate of drug-likeness (QED) is 0.0809. The van der Waals surface area contributed by atoms with E-state index in [0.29, 0.717) is 0 Å². The van der Waals surface area contributed by atoms with Crippen LogP contribution in [0.1, 0.15) is 0 Å². The summed E-state index contributed by atoms with van der Waals surface area (Å²) in [5.74, 6) is 0. The minimum atomic E-state index is -6.00. The average molecular weight is 444 g/mol. The van der Waals surface area contributed by atoms with Crippen LogP contribution in [0.4, 0.5) is 17.3 Å². The molecule has 0 fully saturated rings. The fourth-order valence-electron chi connectivity index (χ4n) is 4.33. The van der Waals surface area contributed by atoms with Gasteiger partial charge >= 0.3 is 18.4 Å². The Labute approximate surface area is 187 Å². The first-order chi connectivity index (χ1) is 15.9. The molecule has 0 radical (unpaired) electrons. The Kier molecular flexibility index (Phi) is 5.21. The summed E-state index contributed by atoms with van der Waals surface area (Å²) in [6.45, 7) is 0. The van der Waals surface area contributed by atoms with Crippen molar-refractivity contribution in [2.45, 2.75) is 0 Å². The van der Waals surface area contributed by atoms with E-state index in [1.165, 1.54) is 43.4 Å². The van der Waals surface area contributed by atoms with Crippen LogP contribution in [-0.2, 0) is 0 Å². The van der Waals surface area contributed by atoms with Crippen molar-refractivity contribution >= 4 is 50.7 Å². The Morgan fingerprint density at radius 1 is 0.485 bits per heavy atom. The van der Waals surface area contributed by atoms with Crippen LogP contribution < -0.4 is 0 Å². The number of hydrogen-bond donors (Lipinski definition) is 0. The SMILES string of the molecule is F[B-](F)(F)F.c1ccc(-c2c3c(ccc4ccccc43)[o+]c3ccc4ccccc4c23)cc1. The molecule has 1 nitrogen and oxygen atoms in total. The molecule has 33 heavy (non-hydrogen) atoms. The molecule has 0 unspecified atom stereocenters. The molecule has 6 rings (SSSR count). The molecule has 0 N–H and O–H groups in total. The molecule has 0 atom stereocenters. The molecule has 0 amide bonds. The fraction of sp³-hybridized carbons (Fsp3) is 0. The maximum absolute atomic E-state index is 9.75. The average Bonchev–Trinajstić information content (AvgIpc) is 2.82. The standard InChI is InChI=1S/C27H17O.BF4/c1-2-10-20(11-3-1)25-26-21-12-6-4-8-18(21)14-16-23(26)28-24-17-15-19-9-5-7-13-22(19)27(24)25;2-1(3,4)5/h1-17H;/q+1;-1. The van der Waals surface area contributed by atoms with Crippen LogP contribution in [0.5, 0.6) is 0 Å². The van der Waals surface area contributed by atoms with Gasteiger partial charge in [-0.05, 0) is 39.2 Å². The van der Waals surface area contributed by atoms with E-state index in [0.717, 1.165) is 11.2 Å². The summed E-state index contributed by atoms with van der Waals surface area (Å²) in [5, 5.41) is 7.24. The normalized spacial score (nSPS) is 11.6. The molecule has 0 aliphatic carbocycles. The van der Waals surface area contributed by atoms with E-state index >= 15 is 0 Å². The third kappa shape index (κ3) is 4.12. The van der Waals surface area contributed by atoms with Gasteiger partial charge in [0.05, 0.1) is 10.8 Å². The smallest absolute Gasteiger partial charge is 0.418 e. The maximum Gasteiger partial charge on any atom is 0.673 e. The van der Waals surface area contributed by atoms with E-state index in [1.807, 2.05) is 0 Å². The molecule has 0 saturated heterocycles. The van der Waals surface area contributed by atoms with Crippen LogP contribution in [0.3, 0.4) is 0 Å². The van der Waals surface area contributed by atoms with Gasteiger partial charge in [0.2, 0.25) is 0 Å². The van der Waals surface area contributed by atoms with Crippen molar-refractivity contribution in [2.75, 3.05) is 0 Å². The zero-order valence-corrected chi connectivity index (χ0v) is 17.3. The molecule has 1 heterocycles. The van der Waals surface area contributed by atoms with Crippen molar-refractivity contribution in [3.63, 3.8) is 0 Å². The van der Waals surface area contributed by atoms with Crippen molar-refractivity contribution in [3.05, 3.63) is 103 Å². The summed E-state index contributed by atoms with van der Waals surface area (Å²) in [6, 6.07) is 36.2. The highest BCUT2D eigenvalue weighted by molar-refractivity contribution is 6.50. The summed E-state index contributed by atoms with van der Waals surface area (Å²) >= 11 is 0. The second kappa shape index (κ2) is 8.21. The van der Waals surface area contributed by atoms with Gasteiger partial charge in [0.25, 0.3) is 0 Å². The van der Waals surface area contributed by atoms with Crippen LogP contribution in [0.15, 0.2) is 108 Å². The zero-order chi connectivity index (χ0) is 23.0. The van der Waals surface area contributed by atoms with E-state index in [4.69, 9.17) is 4.42 Å². The molecule has 0 bridgehead atoms. The van der Waals surface area contributed by atoms with Crippen molar-refractivity contribution in [1.82, 2.24) is 0 Å². The zero-order valence-electron chi connectivity index (χ0n) is 17.3. The number of benzene rings is 5. The molecule has 162 valence electrons. The van der Waals surface area contributed by atoms with Gasteiger partial charge in [-0.15, -0.1) is 0 Å². The van der Waals surface area contributed by atoms with E-state index in [2.05, 4.69) is 103 Å². The van der Waals surface area contributed by atoms with Crippen LogP contribution in [0.25, 0.3) is 54.6 Å². The lowest BCUT2D eigenvalue weighted by atomic mass is 9.91. The van der Waals surface area contributed by atoms with Crippen molar-refractivity contribution in [3.8, 4) is 11.1 Å². The van der Waals surface area contributed by atoms with Gasteiger partial charge in [-0.1, -0.05) is 78.9 Å². The Bertz CT molecular complexity index is 1510. The van der Waals surface area contributed by atoms with Gasteiger partial charge in [0.1, 0.15) is 0 Å². The van der Waals surface area contributed by atoms with E-state index in [-0.39, 0.29) is 0 Å². The van der Waals surface area contributed by atoms with Crippen molar-refractivity contribution in [1.29, 1.82) is 0 Å². The molecule has 6 aromatic rings. The van der Waals surface area contributed by atoms with Crippen molar-refractivity contribution in [2.24, 2.45) is 0 Å². The predicted octanol–water partition coefficient (Wildman–Crippen LogP) is 9.14. The molecular formula is C27H17BF4O. The summed E-state index contributed by atoms with van der Waals surface area (Å²) in [5.41, 5.74) is 4.28. The highest BCUT2D eigenvalue weighted by atomic mass is 19.5. The first-order valence-corrected chi connectivity index (χ1v) is 10.4. The molecule has 0 aliphatic rings. The van der Waals surface area contributed by atoms with Gasteiger partial charge in [0, 0.05) is 17.7 Å². The largest absolute Gasteiger partial charge is 0.673 e. The van der Waals surface area contributed by atoms with E-state index < -0.39 is 7.25 Å². The monoisotopic (exact) mass is 444 g/mol. The third-order valence-corrected chi connectivity index (χ3v) is 5.56. The van der Waals surface area contributed by atoms with Gasteiger partial charge in [-0.3, -0.25) is 0 Å². The van der Waals surface area contributed by atoms with E-state index in [9.17, 15) is 17.3 Å². The first kappa shape index (κ1) is 20.9. The fourth-order valence-corrected chi connectivity index (χ4v) is 4.33. The summed E-state index contributed by atoms with van der Waals surface area (Å²) in [6.07, 6.45) is 0. The van der Waals surface area contributed by atoms with Gasteiger partial charge < -0.3 is 17.3 Å². The predicted molar refractivity (Wildman–Crippen MR) is 129 cm³/mol. The van der Waals surface area contributed by atoms with Crippen LogP contribution in [0.2, 0.25) is 0 Å². The first-order valence-electron chi connectivity index (χ1n) is 10.4. The Morgan fingerprint density at radius 2 is 0.909 bits per heavy atom. The second-order valence-electron chi connectivity index (χ2n) is 7.66. The Balaban J connectivity index is 0.000000416. The molecule has 5 aromatic carbocycles. The number of halogens is 4. The minimum absolute atomic E-state index is 0.917. The summed E-state index contributed by atoms with van der Waals surface area (Å²) in [4.78, 5) is 0. The lowest BCUT2D eigenvalue weighted by Crippen LogP contribution is -2.02. The highest BCUT2D eigenvalue weighted by Crippen LogP contribution is 2.42. The molecule has 0 saturated carbocycles. The molecule has 0 spiro atoms. The van der Waals surface area contributed by atoms with Crippen LogP contribution >= 0.6 is 0 Å². The summed E-state index contributed by atoms with van der Waals surface area (Å²) < 4.78 is 45.4. The number of rotatable bonds is 1. The van der Waals surface area contributed by atoms with Gasteiger partial charge in [0.15, 0.2) is 0 Å². The maximum atomic E-state index is 9.75. The van der Waals surface area contributed by atoms with Crippen molar-refractivity contribution < 1.29 is 21.7 Å². The topological polar surface area (TPSA) is 11.3 Å². The second-order valence-corrected chi connectivity index (χ2v) is 7.66. The third-order valence-electron chi connectivity index (χ3n) is 5.56. The number of fused-ring (bicyclic) bond motifs is 6. The van der Waals surface area contributed by atoms with Crippen LogP contribution in [-0.4, -0.2) is 7.25 Å². The Hall–Kier alpha value is -3.93. The lowest BCUT2D eigenvalue weighted by molar-refractivity contribution is 0.368. The summed E-state index contributed by atoms with van der Waals surface area (Å²) in [7, 11) is -6.00. The highest BCUT2D eigenvalue weighted by Gasteiger charge is 2.23. The number of hydrogen-bond acceptors (Lipinski definition) is 0.